The fraction of sp³-hybridized carbons (Fsp3) is 0. The molecule has 1 aromatic heterocycles. The van der Waals surface area contributed by atoms with Crippen molar-refractivity contribution in [2.75, 3.05) is 0 Å². The van der Waals surface area contributed by atoms with Gasteiger partial charge in [-0.1, -0.05) is 158 Å². The van der Waals surface area contributed by atoms with Crippen molar-refractivity contribution < 1.29 is 4.42 Å². The third-order valence-electron chi connectivity index (χ3n) is 10.1. The summed E-state index contributed by atoms with van der Waals surface area (Å²) in [6.07, 6.45) is 0. The van der Waals surface area contributed by atoms with Gasteiger partial charge in [-0.25, -0.2) is 0 Å². The predicted octanol–water partition coefficient (Wildman–Crippen LogP) is 13.7. The molecule has 0 aliphatic heterocycles. The summed E-state index contributed by atoms with van der Waals surface area (Å²) in [5, 5.41) is 9.81. The van der Waals surface area contributed by atoms with E-state index in [1.165, 1.54) is 76.8 Å². The smallest absolute Gasteiger partial charge is 0.135 e. The summed E-state index contributed by atoms with van der Waals surface area (Å²) in [4.78, 5) is 0. The molecule has 228 valence electrons. The molecule has 1 nitrogen and oxygen atoms in total. The number of hydrogen-bond donors (Lipinski definition) is 0. The van der Waals surface area contributed by atoms with Crippen LogP contribution < -0.4 is 0 Å². The van der Waals surface area contributed by atoms with Crippen LogP contribution in [0.15, 0.2) is 186 Å². The van der Waals surface area contributed by atoms with Crippen molar-refractivity contribution in [1.82, 2.24) is 0 Å². The molecule has 0 amide bonds. The third-order valence-corrected chi connectivity index (χ3v) is 10.1. The van der Waals surface area contributed by atoms with E-state index in [0.29, 0.717) is 0 Å². The highest BCUT2D eigenvalue weighted by Gasteiger charge is 2.18. The Morgan fingerprint density at radius 1 is 0.265 bits per heavy atom. The first kappa shape index (κ1) is 27.7. The van der Waals surface area contributed by atoms with Crippen LogP contribution in [0.2, 0.25) is 0 Å². The zero-order valence-electron chi connectivity index (χ0n) is 26.7. The lowest BCUT2D eigenvalue weighted by Gasteiger charge is -2.18. The van der Waals surface area contributed by atoms with Crippen molar-refractivity contribution in [1.29, 1.82) is 0 Å². The monoisotopic (exact) mass is 622 g/mol. The van der Waals surface area contributed by atoms with Crippen LogP contribution in [0.3, 0.4) is 0 Å². The summed E-state index contributed by atoms with van der Waals surface area (Å²) in [5.74, 6) is 0. The van der Waals surface area contributed by atoms with E-state index < -0.39 is 0 Å². The molecule has 0 spiro atoms. The van der Waals surface area contributed by atoms with E-state index in [2.05, 4.69) is 170 Å². The first-order chi connectivity index (χ1) is 24.3. The lowest BCUT2D eigenvalue weighted by molar-refractivity contribution is 0.669. The van der Waals surface area contributed by atoms with Crippen LogP contribution in [0, 0.1) is 0 Å². The van der Waals surface area contributed by atoms with Gasteiger partial charge in [-0.2, -0.15) is 0 Å². The maximum absolute atomic E-state index is 6.18. The molecule has 0 saturated carbocycles. The van der Waals surface area contributed by atoms with Gasteiger partial charge in [0.2, 0.25) is 0 Å². The molecule has 0 fully saturated rings. The van der Waals surface area contributed by atoms with Crippen LogP contribution in [0.1, 0.15) is 0 Å². The minimum Gasteiger partial charge on any atom is -0.456 e. The van der Waals surface area contributed by atoms with Crippen molar-refractivity contribution >= 4 is 54.3 Å². The number of para-hydroxylation sites is 1. The Hall–Kier alpha value is -6.44. The van der Waals surface area contributed by atoms with E-state index in [9.17, 15) is 0 Å². The van der Waals surface area contributed by atoms with E-state index in [-0.39, 0.29) is 0 Å². The molecular formula is C48H30O. The highest BCUT2D eigenvalue weighted by Crippen LogP contribution is 2.45. The SMILES string of the molecule is c1cc(-c2ccc(-c3c4ccccc4c(-c4ccc5oc6ccccc6c5c4)c4ccccc34)cc2)cc(-c2cccc3ccccc23)c1. The fourth-order valence-electron chi connectivity index (χ4n) is 7.80. The van der Waals surface area contributed by atoms with Crippen molar-refractivity contribution in [2.45, 2.75) is 0 Å². The summed E-state index contributed by atoms with van der Waals surface area (Å²) < 4.78 is 6.18. The molecule has 0 aliphatic rings. The minimum atomic E-state index is 0.915. The molecule has 0 aliphatic carbocycles. The van der Waals surface area contributed by atoms with Crippen molar-refractivity contribution in [3.8, 4) is 44.5 Å². The topological polar surface area (TPSA) is 13.1 Å². The predicted molar refractivity (Wildman–Crippen MR) is 208 cm³/mol. The van der Waals surface area contributed by atoms with Crippen LogP contribution in [-0.4, -0.2) is 0 Å². The van der Waals surface area contributed by atoms with Gasteiger partial charge in [-0.15, -0.1) is 0 Å². The first-order valence-electron chi connectivity index (χ1n) is 16.8. The maximum atomic E-state index is 6.18. The second kappa shape index (κ2) is 11.1. The van der Waals surface area contributed by atoms with Gasteiger partial charge in [0.05, 0.1) is 0 Å². The van der Waals surface area contributed by atoms with E-state index in [0.717, 1.165) is 21.9 Å². The van der Waals surface area contributed by atoms with Crippen molar-refractivity contribution in [2.24, 2.45) is 0 Å². The first-order valence-corrected chi connectivity index (χ1v) is 16.8. The van der Waals surface area contributed by atoms with Gasteiger partial charge in [0.1, 0.15) is 11.2 Å². The van der Waals surface area contributed by atoms with E-state index >= 15 is 0 Å². The molecule has 10 aromatic rings. The zero-order valence-corrected chi connectivity index (χ0v) is 26.7. The highest BCUT2D eigenvalue weighted by atomic mass is 16.3. The molecular weight excluding hydrogens is 593 g/mol. The second-order valence-electron chi connectivity index (χ2n) is 12.8. The van der Waals surface area contributed by atoms with Crippen molar-refractivity contribution in [3.63, 3.8) is 0 Å². The van der Waals surface area contributed by atoms with E-state index in [4.69, 9.17) is 4.42 Å². The Kier molecular flexibility index (Phi) is 6.25. The Morgan fingerprint density at radius 2 is 0.776 bits per heavy atom. The third kappa shape index (κ3) is 4.47. The molecule has 0 N–H and O–H groups in total. The molecule has 0 bridgehead atoms. The van der Waals surface area contributed by atoms with Gasteiger partial charge in [0.25, 0.3) is 0 Å². The summed E-state index contributed by atoms with van der Waals surface area (Å²) >= 11 is 0. The lowest BCUT2D eigenvalue weighted by atomic mass is 9.85. The standard InChI is InChI=1S/C48H30O/c1-2-15-37-32(11-1)12-10-21-38(37)35-14-9-13-34(29-35)31-23-25-33(26-24-31)47-40-17-3-5-19-42(40)48(43-20-6-4-18-41(43)47)36-27-28-46-44(30-36)39-16-7-8-22-45(39)49-46/h1-30H. The molecule has 0 atom stereocenters. The molecule has 0 radical (unpaired) electrons. The fourth-order valence-corrected chi connectivity index (χ4v) is 7.80. The van der Waals surface area contributed by atoms with Gasteiger partial charge in [0, 0.05) is 10.8 Å². The molecule has 9 aromatic carbocycles. The Bertz CT molecular complexity index is 2810. The van der Waals surface area contributed by atoms with Gasteiger partial charge in [-0.05, 0) is 101 Å². The van der Waals surface area contributed by atoms with Gasteiger partial charge in [-0.3, -0.25) is 0 Å². The number of hydrogen-bond acceptors (Lipinski definition) is 1. The highest BCUT2D eigenvalue weighted by molar-refractivity contribution is 6.22. The van der Waals surface area contributed by atoms with Crippen LogP contribution in [-0.2, 0) is 0 Å². The number of benzene rings is 9. The minimum absolute atomic E-state index is 0.915. The quantitative estimate of drug-likeness (QED) is 0.178. The van der Waals surface area contributed by atoms with Crippen LogP contribution >= 0.6 is 0 Å². The van der Waals surface area contributed by atoms with Crippen LogP contribution in [0.5, 0.6) is 0 Å². The van der Waals surface area contributed by atoms with Gasteiger partial charge < -0.3 is 4.42 Å². The molecule has 0 saturated heterocycles. The molecule has 10 rings (SSSR count). The second-order valence-corrected chi connectivity index (χ2v) is 12.8. The summed E-state index contributed by atoms with van der Waals surface area (Å²) in [6.45, 7) is 0. The molecule has 1 heterocycles. The summed E-state index contributed by atoms with van der Waals surface area (Å²) in [5.41, 5.74) is 11.7. The van der Waals surface area contributed by atoms with Crippen LogP contribution in [0.25, 0.3) is 98.8 Å². The molecule has 49 heavy (non-hydrogen) atoms. The number of fused-ring (bicyclic) bond motifs is 6. The Balaban J connectivity index is 1.11. The molecule has 0 unspecified atom stereocenters. The van der Waals surface area contributed by atoms with Crippen molar-refractivity contribution in [3.05, 3.63) is 182 Å². The largest absolute Gasteiger partial charge is 0.456 e. The van der Waals surface area contributed by atoms with E-state index in [1.54, 1.807) is 0 Å². The van der Waals surface area contributed by atoms with E-state index in [1.807, 2.05) is 12.1 Å². The average molecular weight is 623 g/mol. The zero-order chi connectivity index (χ0) is 32.3. The number of rotatable bonds is 4. The summed E-state index contributed by atoms with van der Waals surface area (Å²) in [7, 11) is 0. The normalized spacial score (nSPS) is 11.7. The lowest BCUT2D eigenvalue weighted by Crippen LogP contribution is -1.91. The van der Waals surface area contributed by atoms with Crippen LogP contribution in [0.4, 0.5) is 0 Å². The number of furan rings is 1. The average Bonchev–Trinajstić information content (AvgIpc) is 3.55. The molecule has 1 heteroatoms. The van der Waals surface area contributed by atoms with Gasteiger partial charge in [0.15, 0.2) is 0 Å². The summed E-state index contributed by atoms with van der Waals surface area (Å²) in [6, 6.07) is 65.8. The maximum Gasteiger partial charge on any atom is 0.135 e. The van der Waals surface area contributed by atoms with Gasteiger partial charge >= 0.3 is 0 Å². The Morgan fingerprint density at radius 3 is 1.51 bits per heavy atom. The Labute approximate surface area is 284 Å².